The fraction of sp³-hybridized carbons (Fsp3) is 0.308. The first-order chi connectivity index (χ1) is 17.3. The molecule has 3 rings (SSSR count). The van der Waals surface area contributed by atoms with Crippen molar-refractivity contribution < 1.29 is 23.9 Å². The Morgan fingerprint density at radius 3 is 2.42 bits per heavy atom. The van der Waals surface area contributed by atoms with E-state index in [1.54, 1.807) is 6.08 Å². The Hall–Kier alpha value is -3.30. The SMILES string of the molecule is CCCOC(=O)c1cc(NC(=O)CN2C(=O)S/C(=C/c3ccc(N(CC)CC)cc3)C2=O)ccc1Cl. The van der Waals surface area contributed by atoms with E-state index in [1.807, 2.05) is 31.2 Å². The standard InChI is InChI=1S/C26H28ClN3O5S/c1-4-13-35-25(33)20-15-18(9-12-21(20)27)28-23(31)16-30-24(32)22(36-26(30)34)14-17-7-10-19(11-8-17)29(5-2)6-3/h7-12,14-15H,4-6,13,16H2,1-3H3,(H,28,31)/b22-14+. The molecule has 0 unspecified atom stereocenters. The molecule has 10 heteroatoms. The minimum absolute atomic E-state index is 0.115. The summed E-state index contributed by atoms with van der Waals surface area (Å²) in [5, 5.41) is 2.26. The van der Waals surface area contributed by atoms with Crippen molar-refractivity contribution in [1.82, 2.24) is 4.90 Å². The molecule has 1 saturated heterocycles. The lowest BCUT2D eigenvalue weighted by Gasteiger charge is -2.20. The highest BCUT2D eigenvalue weighted by Crippen LogP contribution is 2.32. The zero-order valence-corrected chi connectivity index (χ0v) is 21.9. The van der Waals surface area contributed by atoms with Crippen molar-refractivity contribution in [2.45, 2.75) is 27.2 Å². The van der Waals surface area contributed by atoms with Crippen LogP contribution in [0.15, 0.2) is 47.4 Å². The minimum atomic E-state index is -0.598. The monoisotopic (exact) mass is 529 g/mol. The molecule has 0 atom stereocenters. The fourth-order valence-electron chi connectivity index (χ4n) is 3.53. The van der Waals surface area contributed by atoms with Crippen LogP contribution in [0.4, 0.5) is 16.2 Å². The first kappa shape index (κ1) is 27.3. The number of halogens is 1. The van der Waals surface area contributed by atoms with Gasteiger partial charge in [-0.25, -0.2) is 4.79 Å². The Morgan fingerprint density at radius 1 is 1.08 bits per heavy atom. The predicted molar refractivity (Wildman–Crippen MR) is 143 cm³/mol. The molecule has 1 N–H and O–H groups in total. The average molecular weight is 530 g/mol. The van der Waals surface area contributed by atoms with E-state index >= 15 is 0 Å². The number of nitrogens with zero attached hydrogens (tertiary/aromatic N) is 2. The first-order valence-electron chi connectivity index (χ1n) is 11.6. The third kappa shape index (κ3) is 6.67. The van der Waals surface area contributed by atoms with Gasteiger partial charge in [0, 0.05) is 24.5 Å². The van der Waals surface area contributed by atoms with Gasteiger partial charge in [0.2, 0.25) is 5.91 Å². The van der Waals surface area contributed by atoms with Gasteiger partial charge in [-0.2, -0.15) is 0 Å². The van der Waals surface area contributed by atoms with Crippen LogP contribution in [0, 0.1) is 0 Å². The fourth-order valence-corrected chi connectivity index (χ4v) is 4.57. The summed E-state index contributed by atoms with van der Waals surface area (Å²) >= 11 is 6.87. The molecular weight excluding hydrogens is 502 g/mol. The van der Waals surface area contributed by atoms with Crippen molar-refractivity contribution in [2.24, 2.45) is 0 Å². The molecule has 2 aromatic rings. The number of esters is 1. The van der Waals surface area contributed by atoms with E-state index in [1.165, 1.54) is 18.2 Å². The van der Waals surface area contributed by atoms with E-state index in [4.69, 9.17) is 16.3 Å². The minimum Gasteiger partial charge on any atom is -0.462 e. The second-order valence-corrected chi connectivity index (χ2v) is 9.31. The van der Waals surface area contributed by atoms with Gasteiger partial charge in [0.1, 0.15) is 6.54 Å². The molecule has 36 heavy (non-hydrogen) atoms. The molecule has 190 valence electrons. The van der Waals surface area contributed by atoms with Crippen LogP contribution in [0.2, 0.25) is 5.02 Å². The van der Waals surface area contributed by atoms with Crippen molar-refractivity contribution in [3.63, 3.8) is 0 Å². The summed E-state index contributed by atoms with van der Waals surface area (Å²) in [6.45, 7) is 7.59. The van der Waals surface area contributed by atoms with Gasteiger partial charge in [0.05, 0.1) is 22.1 Å². The summed E-state index contributed by atoms with van der Waals surface area (Å²) in [5.74, 6) is -1.72. The molecule has 0 aromatic heterocycles. The van der Waals surface area contributed by atoms with Gasteiger partial charge in [-0.3, -0.25) is 19.3 Å². The normalized spacial score (nSPS) is 14.3. The largest absolute Gasteiger partial charge is 0.462 e. The van der Waals surface area contributed by atoms with Gasteiger partial charge in [0.25, 0.3) is 11.1 Å². The Labute approximate surface area is 219 Å². The molecule has 0 saturated carbocycles. The van der Waals surface area contributed by atoms with Crippen molar-refractivity contribution in [2.75, 3.05) is 36.5 Å². The van der Waals surface area contributed by atoms with Crippen LogP contribution < -0.4 is 10.2 Å². The third-order valence-electron chi connectivity index (χ3n) is 5.40. The number of carbonyl (C=O) groups is 4. The van der Waals surface area contributed by atoms with Crippen molar-refractivity contribution in [3.8, 4) is 0 Å². The van der Waals surface area contributed by atoms with E-state index in [-0.39, 0.29) is 22.1 Å². The quantitative estimate of drug-likeness (QED) is 0.324. The molecule has 8 nitrogen and oxygen atoms in total. The number of anilines is 2. The van der Waals surface area contributed by atoms with E-state index in [2.05, 4.69) is 24.1 Å². The van der Waals surface area contributed by atoms with E-state index in [0.717, 1.165) is 41.0 Å². The van der Waals surface area contributed by atoms with Crippen LogP contribution >= 0.6 is 23.4 Å². The van der Waals surface area contributed by atoms with Gasteiger partial charge >= 0.3 is 5.97 Å². The number of thioether (sulfide) groups is 1. The lowest BCUT2D eigenvalue weighted by Crippen LogP contribution is -2.36. The van der Waals surface area contributed by atoms with E-state index in [0.29, 0.717) is 12.1 Å². The number of hydrogen-bond donors (Lipinski definition) is 1. The zero-order chi connectivity index (χ0) is 26.2. The molecule has 0 aliphatic carbocycles. The molecular formula is C26H28ClN3O5S. The maximum absolute atomic E-state index is 12.8. The highest BCUT2D eigenvalue weighted by Gasteiger charge is 2.36. The van der Waals surface area contributed by atoms with Gasteiger partial charge in [0.15, 0.2) is 0 Å². The average Bonchev–Trinajstić information content (AvgIpc) is 3.12. The number of ether oxygens (including phenoxy) is 1. The predicted octanol–water partition coefficient (Wildman–Crippen LogP) is 5.43. The zero-order valence-electron chi connectivity index (χ0n) is 20.4. The molecule has 1 heterocycles. The summed E-state index contributed by atoms with van der Waals surface area (Å²) in [5.41, 5.74) is 2.27. The lowest BCUT2D eigenvalue weighted by atomic mass is 10.1. The molecule has 0 spiro atoms. The van der Waals surface area contributed by atoms with Crippen LogP contribution in [0.5, 0.6) is 0 Å². The van der Waals surface area contributed by atoms with Gasteiger partial charge in [-0.05, 0) is 74.0 Å². The van der Waals surface area contributed by atoms with Crippen molar-refractivity contribution in [1.29, 1.82) is 0 Å². The first-order valence-corrected chi connectivity index (χ1v) is 12.8. The number of rotatable bonds is 10. The lowest BCUT2D eigenvalue weighted by molar-refractivity contribution is -0.127. The van der Waals surface area contributed by atoms with E-state index in [9.17, 15) is 19.2 Å². The number of carbonyl (C=O) groups excluding carboxylic acids is 4. The van der Waals surface area contributed by atoms with Gasteiger partial charge in [-0.15, -0.1) is 0 Å². The van der Waals surface area contributed by atoms with Gasteiger partial charge < -0.3 is 15.0 Å². The smallest absolute Gasteiger partial charge is 0.339 e. The molecule has 0 bridgehead atoms. The molecule has 0 radical (unpaired) electrons. The maximum atomic E-state index is 12.8. The number of nitrogens with one attached hydrogen (secondary N) is 1. The molecule has 1 aliphatic heterocycles. The molecule has 1 fully saturated rings. The summed E-state index contributed by atoms with van der Waals surface area (Å²) in [6.07, 6.45) is 2.30. The Kier molecular flexibility index (Phi) is 9.55. The van der Waals surface area contributed by atoms with Crippen LogP contribution in [0.1, 0.15) is 43.1 Å². The second-order valence-electron chi connectivity index (χ2n) is 7.91. The summed E-state index contributed by atoms with van der Waals surface area (Å²) in [6, 6.07) is 12.1. The van der Waals surface area contributed by atoms with Crippen LogP contribution in [0.3, 0.4) is 0 Å². The van der Waals surface area contributed by atoms with Crippen LogP contribution in [0.25, 0.3) is 6.08 Å². The number of imide groups is 1. The van der Waals surface area contributed by atoms with Crippen molar-refractivity contribution in [3.05, 3.63) is 63.5 Å². The third-order valence-corrected chi connectivity index (χ3v) is 6.64. The molecule has 2 aromatic carbocycles. The Balaban J connectivity index is 1.66. The summed E-state index contributed by atoms with van der Waals surface area (Å²) in [7, 11) is 0. The number of amides is 3. The Morgan fingerprint density at radius 2 is 1.78 bits per heavy atom. The topological polar surface area (TPSA) is 96.0 Å². The van der Waals surface area contributed by atoms with Crippen molar-refractivity contribution >= 4 is 63.8 Å². The Bertz CT molecular complexity index is 1180. The highest BCUT2D eigenvalue weighted by atomic mass is 35.5. The molecule has 3 amide bonds. The molecule has 1 aliphatic rings. The summed E-state index contributed by atoms with van der Waals surface area (Å²) in [4.78, 5) is 53.3. The second kappa shape index (κ2) is 12.6. The van der Waals surface area contributed by atoms with Gasteiger partial charge in [-0.1, -0.05) is 30.7 Å². The summed E-state index contributed by atoms with van der Waals surface area (Å²) < 4.78 is 5.10. The maximum Gasteiger partial charge on any atom is 0.339 e. The number of hydrogen-bond acceptors (Lipinski definition) is 7. The van der Waals surface area contributed by atoms with E-state index < -0.39 is 29.6 Å². The van der Waals surface area contributed by atoms with Crippen LogP contribution in [-0.2, 0) is 14.3 Å². The highest BCUT2D eigenvalue weighted by molar-refractivity contribution is 8.18. The van der Waals surface area contributed by atoms with Crippen LogP contribution in [-0.4, -0.2) is 54.2 Å². The number of benzene rings is 2.